The van der Waals surface area contributed by atoms with Gasteiger partial charge in [0.2, 0.25) is 0 Å². The topological polar surface area (TPSA) is 58.9 Å². The van der Waals surface area contributed by atoms with Crippen LogP contribution in [-0.2, 0) is 13.2 Å². The summed E-state index contributed by atoms with van der Waals surface area (Å²) in [6.45, 7) is 8.47. The second-order valence-corrected chi connectivity index (χ2v) is 9.52. The van der Waals surface area contributed by atoms with Crippen molar-refractivity contribution in [3.05, 3.63) is 59.7 Å². The number of hydrogen-bond donors (Lipinski definition) is 2. The number of hydrogen-bond acceptors (Lipinski definition) is 4. The van der Waals surface area contributed by atoms with E-state index in [2.05, 4.69) is 20.8 Å². The lowest BCUT2D eigenvalue weighted by atomic mass is 9.83. The van der Waals surface area contributed by atoms with E-state index in [1.165, 1.54) is 38.5 Å². The minimum absolute atomic E-state index is 0.0503. The average molecular weight is 471 g/mol. The molecule has 0 aromatic heterocycles. The van der Waals surface area contributed by atoms with Crippen LogP contribution < -0.4 is 9.47 Å². The van der Waals surface area contributed by atoms with Gasteiger partial charge in [0.1, 0.15) is 11.5 Å². The fourth-order valence-corrected chi connectivity index (χ4v) is 4.63. The second-order valence-electron chi connectivity index (χ2n) is 9.52. The van der Waals surface area contributed by atoms with Crippen LogP contribution in [0.2, 0.25) is 0 Å². The summed E-state index contributed by atoms with van der Waals surface area (Å²) in [6.07, 6.45) is 9.58. The van der Waals surface area contributed by atoms with Crippen molar-refractivity contribution in [3.63, 3.8) is 0 Å². The summed E-state index contributed by atoms with van der Waals surface area (Å²) in [6, 6.07) is 15.5. The molecule has 0 bridgehead atoms. The Kier molecular flexibility index (Phi) is 13.7. The highest BCUT2D eigenvalue weighted by Crippen LogP contribution is 2.28. The predicted molar refractivity (Wildman–Crippen MR) is 140 cm³/mol. The Morgan fingerprint density at radius 2 is 1.06 bits per heavy atom. The van der Waals surface area contributed by atoms with Crippen LogP contribution in [0.3, 0.4) is 0 Å². The van der Waals surface area contributed by atoms with Gasteiger partial charge in [-0.1, -0.05) is 77.1 Å². The van der Waals surface area contributed by atoms with E-state index in [-0.39, 0.29) is 13.2 Å². The Balaban J connectivity index is 1.71. The van der Waals surface area contributed by atoms with Gasteiger partial charge in [0.05, 0.1) is 26.4 Å². The summed E-state index contributed by atoms with van der Waals surface area (Å²) in [7, 11) is 0. The predicted octanol–water partition coefficient (Wildman–Crippen LogP) is 7.16. The first-order valence-corrected chi connectivity index (χ1v) is 13.3. The van der Waals surface area contributed by atoms with Crippen molar-refractivity contribution in [1.29, 1.82) is 0 Å². The zero-order valence-electron chi connectivity index (χ0n) is 21.5. The van der Waals surface area contributed by atoms with Crippen LogP contribution in [0.15, 0.2) is 48.5 Å². The molecule has 4 nitrogen and oxygen atoms in total. The van der Waals surface area contributed by atoms with Gasteiger partial charge in [-0.2, -0.15) is 0 Å². The summed E-state index contributed by atoms with van der Waals surface area (Å²) in [5.74, 6) is 3.85. The standard InChI is InChI=1S/C30H46O4/c1-4-24(15-17-33-29-11-7-9-27(20-29)22-31)13-14-25(5-2)19-26(6-3)16-18-34-30-12-8-10-28(21-30)23-32/h7-12,20-21,24-26,31-32H,4-6,13-19,22-23H2,1-3H3. The van der Waals surface area contributed by atoms with Gasteiger partial charge in [0.25, 0.3) is 0 Å². The molecule has 0 aliphatic heterocycles. The van der Waals surface area contributed by atoms with Crippen LogP contribution in [0.1, 0.15) is 83.3 Å². The van der Waals surface area contributed by atoms with Gasteiger partial charge in [-0.25, -0.2) is 0 Å². The Hall–Kier alpha value is -2.04. The zero-order valence-corrected chi connectivity index (χ0v) is 21.5. The molecular weight excluding hydrogens is 424 g/mol. The van der Waals surface area contributed by atoms with E-state index in [4.69, 9.17) is 9.47 Å². The first-order chi connectivity index (χ1) is 16.6. The molecule has 0 aliphatic rings. The van der Waals surface area contributed by atoms with Gasteiger partial charge in [-0.05, 0) is 72.4 Å². The number of rotatable bonds is 18. The molecule has 34 heavy (non-hydrogen) atoms. The van der Waals surface area contributed by atoms with Crippen molar-refractivity contribution in [2.24, 2.45) is 17.8 Å². The molecule has 2 rings (SSSR count). The third kappa shape index (κ3) is 10.5. The lowest BCUT2D eigenvalue weighted by Crippen LogP contribution is -2.14. The highest BCUT2D eigenvalue weighted by molar-refractivity contribution is 5.28. The first kappa shape index (κ1) is 28.2. The normalized spacial score (nSPS) is 13.9. The molecule has 2 aromatic carbocycles. The maximum absolute atomic E-state index is 9.30. The van der Waals surface area contributed by atoms with Crippen LogP contribution in [0, 0.1) is 17.8 Å². The molecule has 4 heteroatoms. The fraction of sp³-hybridized carbons (Fsp3) is 0.600. The molecule has 3 unspecified atom stereocenters. The molecular formula is C30H46O4. The maximum atomic E-state index is 9.30. The smallest absolute Gasteiger partial charge is 0.119 e. The zero-order chi connectivity index (χ0) is 24.6. The van der Waals surface area contributed by atoms with Gasteiger partial charge in [0, 0.05) is 0 Å². The van der Waals surface area contributed by atoms with Gasteiger partial charge < -0.3 is 19.7 Å². The molecule has 0 heterocycles. The number of benzene rings is 2. The molecule has 0 aliphatic carbocycles. The molecule has 190 valence electrons. The third-order valence-corrected chi connectivity index (χ3v) is 7.13. The number of ether oxygens (including phenoxy) is 2. The van der Waals surface area contributed by atoms with Gasteiger partial charge in [-0.3, -0.25) is 0 Å². The Morgan fingerprint density at radius 1 is 0.618 bits per heavy atom. The van der Waals surface area contributed by atoms with Crippen LogP contribution in [0.4, 0.5) is 0 Å². The van der Waals surface area contributed by atoms with Gasteiger partial charge >= 0.3 is 0 Å². The minimum atomic E-state index is 0.0503. The highest BCUT2D eigenvalue weighted by Gasteiger charge is 2.17. The van der Waals surface area contributed by atoms with Crippen molar-refractivity contribution < 1.29 is 19.7 Å². The van der Waals surface area contributed by atoms with Crippen molar-refractivity contribution in [1.82, 2.24) is 0 Å². The second kappa shape index (κ2) is 16.6. The van der Waals surface area contributed by atoms with Crippen LogP contribution in [-0.4, -0.2) is 23.4 Å². The molecule has 0 saturated carbocycles. The van der Waals surface area contributed by atoms with Crippen LogP contribution >= 0.6 is 0 Å². The summed E-state index contributed by atoms with van der Waals surface area (Å²) < 4.78 is 11.9. The van der Waals surface area contributed by atoms with Crippen molar-refractivity contribution >= 4 is 0 Å². The number of aliphatic hydroxyl groups is 2. The molecule has 2 N–H and O–H groups in total. The van der Waals surface area contributed by atoms with Gasteiger partial charge in [0.15, 0.2) is 0 Å². The average Bonchev–Trinajstić information content (AvgIpc) is 2.89. The van der Waals surface area contributed by atoms with E-state index in [9.17, 15) is 10.2 Å². The lowest BCUT2D eigenvalue weighted by Gasteiger charge is -2.24. The molecule has 0 saturated heterocycles. The Morgan fingerprint density at radius 3 is 1.53 bits per heavy atom. The van der Waals surface area contributed by atoms with E-state index in [0.717, 1.165) is 54.6 Å². The van der Waals surface area contributed by atoms with Crippen molar-refractivity contribution in [2.75, 3.05) is 13.2 Å². The molecule has 2 aromatic rings. The Bertz CT molecular complexity index is 791. The van der Waals surface area contributed by atoms with E-state index in [1.54, 1.807) is 0 Å². The fourth-order valence-electron chi connectivity index (χ4n) is 4.63. The number of aliphatic hydroxyl groups excluding tert-OH is 2. The summed E-state index contributed by atoms with van der Waals surface area (Å²) in [4.78, 5) is 0. The third-order valence-electron chi connectivity index (χ3n) is 7.13. The summed E-state index contributed by atoms with van der Waals surface area (Å²) in [5, 5.41) is 18.6. The van der Waals surface area contributed by atoms with E-state index in [0.29, 0.717) is 11.8 Å². The SMILES string of the molecule is CCC(CCOc1cccc(CO)c1)CCC(CC)CC(CC)CCOc1cccc(CO)c1. The van der Waals surface area contributed by atoms with E-state index in [1.807, 2.05) is 48.5 Å². The molecule has 3 atom stereocenters. The summed E-state index contributed by atoms with van der Waals surface area (Å²) >= 11 is 0. The van der Waals surface area contributed by atoms with Gasteiger partial charge in [-0.15, -0.1) is 0 Å². The molecule has 0 amide bonds. The molecule has 0 fully saturated rings. The first-order valence-electron chi connectivity index (χ1n) is 13.3. The quantitative estimate of drug-likeness (QED) is 0.243. The van der Waals surface area contributed by atoms with Crippen molar-refractivity contribution in [2.45, 2.75) is 85.4 Å². The van der Waals surface area contributed by atoms with E-state index >= 15 is 0 Å². The van der Waals surface area contributed by atoms with Crippen LogP contribution in [0.5, 0.6) is 11.5 Å². The Labute approximate surface area is 207 Å². The largest absolute Gasteiger partial charge is 0.494 e. The van der Waals surface area contributed by atoms with E-state index < -0.39 is 0 Å². The maximum Gasteiger partial charge on any atom is 0.119 e. The van der Waals surface area contributed by atoms with Crippen molar-refractivity contribution in [3.8, 4) is 11.5 Å². The monoisotopic (exact) mass is 470 g/mol. The lowest BCUT2D eigenvalue weighted by molar-refractivity contribution is 0.229. The highest BCUT2D eigenvalue weighted by atomic mass is 16.5. The summed E-state index contributed by atoms with van der Waals surface area (Å²) in [5.41, 5.74) is 1.79. The van der Waals surface area contributed by atoms with Crippen LogP contribution in [0.25, 0.3) is 0 Å². The molecule has 0 spiro atoms. The minimum Gasteiger partial charge on any atom is -0.494 e. The molecule has 0 radical (unpaired) electrons.